The van der Waals surface area contributed by atoms with Crippen LogP contribution in [0, 0.1) is 45.3 Å². The fraction of sp³-hybridized carbons (Fsp3) is 1.00. The molecule has 0 aromatic rings. The maximum absolute atomic E-state index is 10.9. The van der Waals surface area contributed by atoms with Crippen LogP contribution in [-0.2, 0) is 18.9 Å². The number of rotatable bonds is 6. The first kappa shape index (κ1) is 28.5. The van der Waals surface area contributed by atoms with Crippen LogP contribution in [0.5, 0.6) is 0 Å². The van der Waals surface area contributed by atoms with Crippen molar-refractivity contribution < 1.29 is 24.1 Å². The highest BCUT2D eigenvalue weighted by molar-refractivity contribution is 5.29. The molecule has 0 amide bonds. The van der Waals surface area contributed by atoms with E-state index in [-0.39, 0.29) is 23.9 Å². The molecule has 6 nitrogen and oxygen atoms in total. The lowest BCUT2D eigenvalue weighted by Gasteiger charge is -2.60. The predicted molar refractivity (Wildman–Crippen MR) is 155 cm³/mol. The van der Waals surface area contributed by atoms with Gasteiger partial charge in [0.15, 0.2) is 6.29 Å². The van der Waals surface area contributed by atoms with Crippen molar-refractivity contribution in [2.24, 2.45) is 45.3 Å². The molecule has 2 saturated heterocycles. The molecule has 7 fully saturated rings. The van der Waals surface area contributed by atoms with E-state index in [1.54, 1.807) is 0 Å². The minimum atomic E-state index is -0.888. The number of hydrogen-bond donors (Lipinski definition) is 2. The molecule has 2 N–H and O–H groups in total. The van der Waals surface area contributed by atoms with Crippen LogP contribution in [0.3, 0.4) is 0 Å². The van der Waals surface area contributed by atoms with E-state index in [1.165, 1.54) is 57.8 Å². The Labute approximate surface area is 243 Å². The molecular formula is C34H57NO5. The second kappa shape index (κ2) is 9.63. The Kier molecular flexibility index (Phi) is 6.87. The number of aliphatic hydroxyl groups is 1. The van der Waals surface area contributed by atoms with Crippen LogP contribution in [0.1, 0.15) is 106 Å². The average Bonchev–Trinajstić information content (AvgIpc) is 3.49. The first-order valence-electron chi connectivity index (χ1n) is 16.9. The van der Waals surface area contributed by atoms with E-state index < -0.39 is 5.60 Å². The second-order valence-corrected chi connectivity index (χ2v) is 16.5. The van der Waals surface area contributed by atoms with Crippen molar-refractivity contribution in [3.05, 3.63) is 0 Å². The number of morpholine rings is 1. The monoisotopic (exact) mass is 559 g/mol. The van der Waals surface area contributed by atoms with Gasteiger partial charge in [0.25, 0.3) is 0 Å². The predicted octanol–water partition coefficient (Wildman–Crippen LogP) is 5.70. The standard InChI is InChI=1S/C34H57NO5/c1-7-37-29(31(4,5)36)24-10-8-22-25(39-24)18-23-21-9-11-26-30(2,3)27(40-28-19-35-16-17-38-28)12-13-34(26)20-33(21,34)15-14-32(22,23)6/h21-29,35-36H,7-20H2,1-6H3/t21?,22?,23?,24?,25?,26?,27-,28?,29-,32?,33-,34?/m0/s1. The lowest BCUT2D eigenvalue weighted by molar-refractivity contribution is -0.232. The number of ether oxygens (including phenoxy) is 4. The highest BCUT2D eigenvalue weighted by Crippen LogP contribution is 2.87. The van der Waals surface area contributed by atoms with Crippen molar-refractivity contribution in [2.75, 3.05) is 26.3 Å². The van der Waals surface area contributed by atoms with Gasteiger partial charge in [0.2, 0.25) is 0 Å². The van der Waals surface area contributed by atoms with Crippen molar-refractivity contribution >= 4 is 0 Å². The molecular weight excluding hydrogens is 502 g/mol. The smallest absolute Gasteiger partial charge is 0.170 e. The summed E-state index contributed by atoms with van der Waals surface area (Å²) in [7, 11) is 0. The van der Waals surface area contributed by atoms with Gasteiger partial charge in [0.1, 0.15) is 6.10 Å². The van der Waals surface area contributed by atoms with E-state index in [1.807, 2.05) is 20.8 Å². The van der Waals surface area contributed by atoms with Gasteiger partial charge >= 0.3 is 0 Å². The molecule has 0 aromatic heterocycles. The van der Waals surface area contributed by atoms with Gasteiger partial charge in [-0.15, -0.1) is 0 Å². The third-order valence-electron chi connectivity index (χ3n) is 14.1. The molecule has 5 aliphatic carbocycles. The molecule has 2 aliphatic heterocycles. The highest BCUT2D eigenvalue weighted by Gasteiger charge is 2.80. The van der Waals surface area contributed by atoms with E-state index in [0.29, 0.717) is 41.0 Å². The van der Waals surface area contributed by atoms with Gasteiger partial charge in [-0.3, -0.25) is 0 Å². The Hall–Kier alpha value is -0.240. The summed E-state index contributed by atoms with van der Waals surface area (Å²) in [6.45, 7) is 16.6. The largest absolute Gasteiger partial charge is 0.388 e. The van der Waals surface area contributed by atoms with Crippen LogP contribution in [0.25, 0.3) is 0 Å². The maximum Gasteiger partial charge on any atom is 0.170 e. The van der Waals surface area contributed by atoms with Crippen LogP contribution in [0.2, 0.25) is 0 Å². The normalized spacial score (nSPS) is 52.0. The summed E-state index contributed by atoms with van der Waals surface area (Å²) in [6.07, 6.45) is 13.3. The third-order valence-corrected chi connectivity index (χ3v) is 14.1. The summed E-state index contributed by atoms with van der Waals surface area (Å²) in [4.78, 5) is 0. The zero-order chi connectivity index (χ0) is 28.1. The van der Waals surface area contributed by atoms with Crippen molar-refractivity contribution in [2.45, 2.75) is 142 Å². The summed E-state index contributed by atoms with van der Waals surface area (Å²) in [5, 5.41) is 14.3. The molecule has 9 unspecified atom stereocenters. The summed E-state index contributed by atoms with van der Waals surface area (Å²) < 4.78 is 25.7. The molecule has 0 aromatic carbocycles. The molecule has 2 spiro atoms. The fourth-order valence-electron chi connectivity index (χ4n) is 12.5. The minimum absolute atomic E-state index is 0.00124. The van der Waals surface area contributed by atoms with Crippen LogP contribution < -0.4 is 5.32 Å². The van der Waals surface area contributed by atoms with Gasteiger partial charge < -0.3 is 29.4 Å². The van der Waals surface area contributed by atoms with Crippen molar-refractivity contribution in [3.8, 4) is 0 Å². The zero-order valence-electron chi connectivity index (χ0n) is 26.2. The second-order valence-electron chi connectivity index (χ2n) is 16.5. The third kappa shape index (κ3) is 4.01. The van der Waals surface area contributed by atoms with Gasteiger partial charge in [-0.25, -0.2) is 0 Å². The Morgan fingerprint density at radius 3 is 2.50 bits per heavy atom. The van der Waals surface area contributed by atoms with Gasteiger partial charge in [-0.1, -0.05) is 20.8 Å². The summed E-state index contributed by atoms with van der Waals surface area (Å²) in [5.74, 6) is 3.05. The van der Waals surface area contributed by atoms with Gasteiger partial charge in [-0.2, -0.15) is 0 Å². The SMILES string of the molecule is CCO[C@@H](C1CCC2C(CC3C4CCC5C(C)(C)[C@@H](OC6CNCCO6)CCC56C[C@@]46CCC23C)O1)C(C)(C)O. The Morgan fingerprint density at radius 2 is 1.77 bits per heavy atom. The molecule has 6 heteroatoms. The quantitative estimate of drug-likeness (QED) is 0.435. The highest BCUT2D eigenvalue weighted by atomic mass is 16.7. The molecule has 12 atom stereocenters. The Morgan fingerprint density at radius 1 is 0.975 bits per heavy atom. The van der Waals surface area contributed by atoms with Crippen LogP contribution >= 0.6 is 0 Å². The van der Waals surface area contributed by atoms with Crippen LogP contribution in [-0.4, -0.2) is 67.7 Å². The van der Waals surface area contributed by atoms with Gasteiger partial charge in [0.05, 0.1) is 30.5 Å². The first-order valence-corrected chi connectivity index (χ1v) is 16.9. The summed E-state index contributed by atoms with van der Waals surface area (Å²) in [6, 6.07) is 0. The Bertz CT molecular complexity index is 958. The lowest BCUT2D eigenvalue weighted by Crippen LogP contribution is -2.56. The van der Waals surface area contributed by atoms with Crippen molar-refractivity contribution in [3.63, 3.8) is 0 Å². The van der Waals surface area contributed by atoms with E-state index in [4.69, 9.17) is 18.9 Å². The molecule has 2 heterocycles. The molecule has 0 bridgehead atoms. The number of hydrogen-bond acceptors (Lipinski definition) is 6. The molecule has 228 valence electrons. The number of fused-ring (bicyclic) bond motifs is 4. The average molecular weight is 560 g/mol. The van der Waals surface area contributed by atoms with Gasteiger partial charge in [0, 0.05) is 19.7 Å². The van der Waals surface area contributed by atoms with E-state index in [9.17, 15) is 5.11 Å². The van der Waals surface area contributed by atoms with E-state index >= 15 is 0 Å². The van der Waals surface area contributed by atoms with E-state index in [0.717, 1.165) is 43.9 Å². The molecule has 40 heavy (non-hydrogen) atoms. The fourth-order valence-corrected chi connectivity index (χ4v) is 12.5. The molecule has 7 rings (SSSR count). The van der Waals surface area contributed by atoms with E-state index in [2.05, 4.69) is 26.1 Å². The topological polar surface area (TPSA) is 69.2 Å². The van der Waals surface area contributed by atoms with Crippen molar-refractivity contribution in [1.82, 2.24) is 5.32 Å². The van der Waals surface area contributed by atoms with Crippen LogP contribution in [0.4, 0.5) is 0 Å². The first-order chi connectivity index (χ1) is 19.0. The lowest BCUT2D eigenvalue weighted by atomic mass is 9.46. The van der Waals surface area contributed by atoms with Crippen LogP contribution in [0.15, 0.2) is 0 Å². The van der Waals surface area contributed by atoms with Crippen molar-refractivity contribution in [1.29, 1.82) is 0 Å². The van der Waals surface area contributed by atoms with Gasteiger partial charge in [-0.05, 0) is 130 Å². The maximum atomic E-state index is 10.9. The Balaban J connectivity index is 1.08. The molecule has 0 radical (unpaired) electrons. The number of nitrogens with one attached hydrogen (secondary N) is 1. The zero-order valence-corrected chi connectivity index (χ0v) is 26.2. The summed E-state index contributed by atoms with van der Waals surface area (Å²) >= 11 is 0. The minimum Gasteiger partial charge on any atom is -0.388 e. The molecule has 5 saturated carbocycles. The molecule has 7 aliphatic rings. The summed E-state index contributed by atoms with van der Waals surface area (Å²) in [5.41, 5.74) is 0.795.